The molecular weight excluding hydrogens is 331 g/mol. The van der Waals surface area contributed by atoms with E-state index >= 15 is 0 Å². The highest BCUT2D eigenvalue weighted by atomic mass is 35.5. The van der Waals surface area contributed by atoms with Crippen molar-refractivity contribution in [2.75, 3.05) is 11.5 Å². The first-order chi connectivity index (χ1) is 10.0. The molecule has 1 aromatic heterocycles. The fourth-order valence-electron chi connectivity index (χ4n) is 2.60. The topological polar surface area (TPSA) is 52.0 Å². The molecule has 0 saturated carbocycles. The maximum Gasteiger partial charge on any atom is 0.152 e. The summed E-state index contributed by atoms with van der Waals surface area (Å²) in [4.78, 5) is 0. The standard InChI is InChI=1S/C14H14Cl2N2O2S/c15-8-12-13(10-4-2-1-3-5-10)17-18(14(12)16)11-6-7-21(19,20)9-11/h1-5,11H,6-9H2. The van der Waals surface area contributed by atoms with E-state index in [2.05, 4.69) is 5.10 Å². The van der Waals surface area contributed by atoms with E-state index in [1.807, 2.05) is 30.3 Å². The Morgan fingerprint density at radius 1 is 1.29 bits per heavy atom. The third-order valence-electron chi connectivity index (χ3n) is 3.68. The van der Waals surface area contributed by atoms with Gasteiger partial charge in [0, 0.05) is 11.1 Å². The number of nitrogens with zero attached hydrogens (tertiary/aromatic N) is 2. The molecule has 3 rings (SSSR count). The maximum absolute atomic E-state index is 11.6. The summed E-state index contributed by atoms with van der Waals surface area (Å²) in [5.41, 5.74) is 2.39. The van der Waals surface area contributed by atoms with Gasteiger partial charge >= 0.3 is 0 Å². The van der Waals surface area contributed by atoms with Gasteiger partial charge < -0.3 is 0 Å². The first kappa shape index (κ1) is 14.9. The Labute approximate surface area is 133 Å². The van der Waals surface area contributed by atoms with E-state index in [-0.39, 0.29) is 23.4 Å². The Kier molecular flexibility index (Phi) is 3.99. The van der Waals surface area contributed by atoms with Crippen LogP contribution in [0.15, 0.2) is 30.3 Å². The summed E-state index contributed by atoms with van der Waals surface area (Å²) < 4.78 is 24.9. The minimum absolute atomic E-state index is 0.0877. The molecule has 1 fully saturated rings. The lowest BCUT2D eigenvalue weighted by Crippen LogP contribution is -2.12. The van der Waals surface area contributed by atoms with Gasteiger partial charge in [0.15, 0.2) is 9.84 Å². The summed E-state index contributed by atoms with van der Waals surface area (Å²) in [6.07, 6.45) is 0.541. The van der Waals surface area contributed by atoms with Gasteiger partial charge in [0.25, 0.3) is 0 Å². The third-order valence-corrected chi connectivity index (χ3v) is 6.10. The van der Waals surface area contributed by atoms with Crippen LogP contribution in [0.4, 0.5) is 0 Å². The second-order valence-corrected chi connectivity index (χ2v) is 7.97. The van der Waals surface area contributed by atoms with Crippen molar-refractivity contribution < 1.29 is 8.42 Å². The molecule has 1 aliphatic heterocycles. The number of rotatable bonds is 3. The zero-order chi connectivity index (χ0) is 15.0. The maximum atomic E-state index is 11.6. The van der Waals surface area contributed by atoms with Gasteiger partial charge in [-0.15, -0.1) is 11.6 Å². The molecule has 2 heterocycles. The zero-order valence-electron chi connectivity index (χ0n) is 11.2. The van der Waals surface area contributed by atoms with Crippen LogP contribution in [0.3, 0.4) is 0 Å². The molecule has 2 aromatic rings. The molecule has 4 nitrogen and oxygen atoms in total. The average Bonchev–Trinajstić information content (AvgIpc) is 2.99. The SMILES string of the molecule is O=S1(=O)CCC(n2nc(-c3ccccc3)c(CCl)c2Cl)C1. The molecule has 1 unspecified atom stereocenters. The van der Waals surface area contributed by atoms with Crippen molar-refractivity contribution in [2.24, 2.45) is 0 Å². The van der Waals surface area contributed by atoms with Crippen LogP contribution in [0.2, 0.25) is 5.15 Å². The van der Waals surface area contributed by atoms with Crippen LogP contribution >= 0.6 is 23.2 Å². The van der Waals surface area contributed by atoms with Crippen molar-refractivity contribution in [1.29, 1.82) is 0 Å². The fraction of sp³-hybridized carbons (Fsp3) is 0.357. The highest BCUT2D eigenvalue weighted by Crippen LogP contribution is 2.34. The Balaban J connectivity index is 2.06. The van der Waals surface area contributed by atoms with Crippen molar-refractivity contribution in [1.82, 2.24) is 9.78 Å². The zero-order valence-corrected chi connectivity index (χ0v) is 13.5. The minimum atomic E-state index is -2.99. The summed E-state index contributed by atoms with van der Waals surface area (Å²) >= 11 is 12.4. The summed E-state index contributed by atoms with van der Waals surface area (Å²) in [5, 5.41) is 4.97. The largest absolute Gasteiger partial charge is 0.249 e. The second kappa shape index (κ2) is 5.63. The van der Waals surface area contributed by atoms with E-state index < -0.39 is 9.84 Å². The van der Waals surface area contributed by atoms with Gasteiger partial charge in [-0.2, -0.15) is 5.10 Å². The van der Waals surface area contributed by atoms with Crippen LogP contribution in [0.25, 0.3) is 11.3 Å². The van der Waals surface area contributed by atoms with Crippen LogP contribution in [0, 0.1) is 0 Å². The Morgan fingerprint density at radius 3 is 2.57 bits per heavy atom. The summed E-state index contributed by atoms with van der Waals surface area (Å²) in [6.45, 7) is 0. The molecule has 1 aliphatic rings. The molecule has 0 spiro atoms. The molecule has 0 bridgehead atoms. The summed E-state index contributed by atoms with van der Waals surface area (Å²) in [7, 11) is -2.99. The number of hydrogen-bond acceptors (Lipinski definition) is 3. The third kappa shape index (κ3) is 2.82. The Hall–Kier alpha value is -1.04. The number of aromatic nitrogens is 2. The molecule has 7 heteroatoms. The summed E-state index contributed by atoms with van der Waals surface area (Å²) in [5.74, 6) is 0.512. The van der Waals surface area contributed by atoms with Gasteiger partial charge in [0.2, 0.25) is 0 Å². The monoisotopic (exact) mass is 344 g/mol. The van der Waals surface area contributed by atoms with Gasteiger partial charge in [-0.3, -0.25) is 0 Å². The molecule has 0 N–H and O–H groups in total. The molecule has 112 valence electrons. The quantitative estimate of drug-likeness (QED) is 0.802. The normalized spacial score (nSPS) is 20.8. The fourth-order valence-corrected chi connectivity index (χ4v) is 4.95. The number of hydrogen-bond donors (Lipinski definition) is 0. The molecule has 0 aliphatic carbocycles. The van der Waals surface area contributed by atoms with Crippen LogP contribution in [-0.2, 0) is 15.7 Å². The number of halogens is 2. The average molecular weight is 345 g/mol. The Morgan fingerprint density at radius 2 is 2.00 bits per heavy atom. The van der Waals surface area contributed by atoms with E-state index in [1.165, 1.54) is 0 Å². The number of alkyl halides is 1. The van der Waals surface area contributed by atoms with Crippen molar-refractivity contribution in [3.8, 4) is 11.3 Å². The number of sulfone groups is 1. The first-order valence-corrected chi connectivity index (χ1v) is 9.34. The van der Waals surface area contributed by atoms with Crippen LogP contribution in [-0.4, -0.2) is 29.7 Å². The number of benzene rings is 1. The highest BCUT2D eigenvalue weighted by molar-refractivity contribution is 7.91. The molecule has 0 radical (unpaired) electrons. The van der Waals surface area contributed by atoms with Crippen molar-refractivity contribution in [3.63, 3.8) is 0 Å². The van der Waals surface area contributed by atoms with Crippen LogP contribution in [0.5, 0.6) is 0 Å². The van der Waals surface area contributed by atoms with Gasteiger partial charge in [-0.05, 0) is 6.42 Å². The minimum Gasteiger partial charge on any atom is -0.249 e. The molecule has 1 aromatic carbocycles. The van der Waals surface area contributed by atoms with Gasteiger partial charge in [-0.1, -0.05) is 41.9 Å². The van der Waals surface area contributed by atoms with Crippen molar-refractivity contribution in [3.05, 3.63) is 41.0 Å². The predicted octanol–water partition coefficient (Wildman–Crippen LogP) is 3.30. The lowest BCUT2D eigenvalue weighted by atomic mass is 10.1. The van der Waals surface area contributed by atoms with Gasteiger partial charge in [0.05, 0.1) is 29.1 Å². The van der Waals surface area contributed by atoms with Crippen molar-refractivity contribution >= 4 is 33.0 Å². The molecule has 21 heavy (non-hydrogen) atoms. The van der Waals surface area contributed by atoms with E-state index in [1.54, 1.807) is 4.68 Å². The molecular formula is C14H14Cl2N2O2S. The van der Waals surface area contributed by atoms with Crippen LogP contribution < -0.4 is 0 Å². The lowest BCUT2D eigenvalue weighted by Gasteiger charge is -2.09. The van der Waals surface area contributed by atoms with E-state index in [0.29, 0.717) is 11.6 Å². The Bertz CT molecular complexity index is 757. The van der Waals surface area contributed by atoms with Crippen LogP contribution in [0.1, 0.15) is 18.0 Å². The van der Waals surface area contributed by atoms with Gasteiger partial charge in [-0.25, -0.2) is 13.1 Å². The van der Waals surface area contributed by atoms with Crippen molar-refractivity contribution in [2.45, 2.75) is 18.3 Å². The highest BCUT2D eigenvalue weighted by Gasteiger charge is 2.32. The van der Waals surface area contributed by atoms with Gasteiger partial charge in [0.1, 0.15) is 5.15 Å². The van der Waals surface area contributed by atoms with E-state index in [9.17, 15) is 8.42 Å². The molecule has 1 saturated heterocycles. The van der Waals surface area contributed by atoms with E-state index in [0.717, 1.165) is 16.8 Å². The molecule has 1 atom stereocenters. The first-order valence-electron chi connectivity index (χ1n) is 6.60. The lowest BCUT2D eigenvalue weighted by molar-refractivity contribution is 0.501. The predicted molar refractivity (Wildman–Crippen MR) is 84.5 cm³/mol. The second-order valence-electron chi connectivity index (χ2n) is 5.12. The summed E-state index contributed by atoms with van der Waals surface area (Å²) in [6, 6.07) is 9.42. The smallest absolute Gasteiger partial charge is 0.152 e. The molecule has 0 amide bonds. The van der Waals surface area contributed by atoms with E-state index in [4.69, 9.17) is 23.2 Å².